The molecular formula is C19H21Cl2NO. The Balaban J connectivity index is 1.58. The molecule has 1 N–H and O–H groups in total. The Hall–Kier alpha value is -1.22. The van der Waals surface area contributed by atoms with Crippen molar-refractivity contribution in [3.05, 3.63) is 63.6 Å². The summed E-state index contributed by atoms with van der Waals surface area (Å²) in [4.78, 5) is 0. The van der Waals surface area contributed by atoms with Gasteiger partial charge < -0.3 is 10.1 Å². The van der Waals surface area contributed by atoms with E-state index in [0.29, 0.717) is 22.7 Å². The van der Waals surface area contributed by atoms with Gasteiger partial charge in [0.15, 0.2) is 0 Å². The maximum atomic E-state index is 6.17. The van der Waals surface area contributed by atoms with Crippen molar-refractivity contribution in [3.63, 3.8) is 0 Å². The fourth-order valence-electron chi connectivity index (χ4n) is 2.96. The monoisotopic (exact) mass is 349 g/mol. The lowest BCUT2D eigenvalue weighted by Crippen LogP contribution is -2.25. The summed E-state index contributed by atoms with van der Waals surface area (Å²) in [6.07, 6.45) is 5.28. The normalized spacial score (nSPS) is 15.0. The van der Waals surface area contributed by atoms with Gasteiger partial charge in [-0.2, -0.15) is 0 Å². The van der Waals surface area contributed by atoms with E-state index in [9.17, 15) is 0 Å². The van der Waals surface area contributed by atoms with Crippen LogP contribution in [0.25, 0.3) is 0 Å². The van der Waals surface area contributed by atoms with Crippen LogP contribution in [-0.4, -0.2) is 6.04 Å². The highest BCUT2D eigenvalue weighted by Gasteiger charge is 2.13. The molecule has 2 nitrogen and oxygen atoms in total. The standard InChI is InChI=1S/C19H21Cl2NO/c20-18-9-4-10-19(21)17(18)13-23-16-8-3-5-14(11-16)12-22-15-6-1-2-7-15/h3-5,8-11,15,22H,1-2,6-7,12-13H2. The van der Waals surface area contributed by atoms with Crippen LogP contribution in [0.15, 0.2) is 42.5 Å². The SMILES string of the molecule is Clc1cccc(Cl)c1COc1cccc(CNC2CCCC2)c1. The number of rotatable bonds is 6. The molecule has 3 rings (SSSR count). The zero-order valence-corrected chi connectivity index (χ0v) is 14.5. The van der Waals surface area contributed by atoms with Crippen molar-refractivity contribution in [2.24, 2.45) is 0 Å². The van der Waals surface area contributed by atoms with Crippen LogP contribution in [0.3, 0.4) is 0 Å². The predicted molar refractivity (Wildman–Crippen MR) is 96.3 cm³/mol. The van der Waals surface area contributed by atoms with Gasteiger partial charge in [0.2, 0.25) is 0 Å². The summed E-state index contributed by atoms with van der Waals surface area (Å²) in [6.45, 7) is 1.26. The quantitative estimate of drug-likeness (QED) is 0.732. The van der Waals surface area contributed by atoms with Gasteiger partial charge in [0.05, 0.1) is 0 Å². The molecule has 0 saturated heterocycles. The second-order valence-corrected chi connectivity index (χ2v) is 6.81. The maximum absolute atomic E-state index is 6.17. The second kappa shape index (κ2) is 8.05. The zero-order chi connectivity index (χ0) is 16.1. The van der Waals surface area contributed by atoms with Crippen molar-refractivity contribution in [1.82, 2.24) is 5.32 Å². The minimum Gasteiger partial charge on any atom is -0.489 e. The summed E-state index contributed by atoms with van der Waals surface area (Å²) in [5.74, 6) is 0.840. The van der Waals surface area contributed by atoms with Crippen molar-refractivity contribution in [1.29, 1.82) is 0 Å². The molecule has 0 unspecified atom stereocenters. The minimum absolute atomic E-state index is 0.373. The number of halogens is 2. The van der Waals surface area contributed by atoms with Gasteiger partial charge in [-0.3, -0.25) is 0 Å². The van der Waals surface area contributed by atoms with Gasteiger partial charge in [-0.25, -0.2) is 0 Å². The number of hydrogen-bond acceptors (Lipinski definition) is 2. The highest BCUT2D eigenvalue weighted by atomic mass is 35.5. The Morgan fingerprint density at radius 3 is 2.43 bits per heavy atom. The van der Waals surface area contributed by atoms with E-state index in [0.717, 1.165) is 17.9 Å². The molecule has 2 aromatic carbocycles. The molecule has 1 aliphatic carbocycles. The lowest BCUT2D eigenvalue weighted by atomic mass is 10.2. The van der Waals surface area contributed by atoms with Gasteiger partial charge in [-0.05, 0) is 42.7 Å². The van der Waals surface area contributed by atoms with Gasteiger partial charge in [-0.15, -0.1) is 0 Å². The van der Waals surface area contributed by atoms with E-state index in [2.05, 4.69) is 17.4 Å². The molecule has 0 aliphatic heterocycles. The van der Waals surface area contributed by atoms with Gasteiger partial charge >= 0.3 is 0 Å². The van der Waals surface area contributed by atoms with Gasteiger partial charge in [0.1, 0.15) is 12.4 Å². The number of nitrogens with one attached hydrogen (secondary N) is 1. The molecule has 2 aromatic rings. The third-order valence-electron chi connectivity index (χ3n) is 4.29. The minimum atomic E-state index is 0.373. The Bertz CT molecular complexity index is 633. The molecule has 122 valence electrons. The van der Waals surface area contributed by atoms with Crippen molar-refractivity contribution in [3.8, 4) is 5.75 Å². The van der Waals surface area contributed by atoms with Crippen LogP contribution < -0.4 is 10.1 Å². The Kier molecular flexibility index (Phi) is 5.82. The van der Waals surface area contributed by atoms with Crippen molar-refractivity contribution < 1.29 is 4.74 Å². The lowest BCUT2D eigenvalue weighted by Gasteiger charge is -2.13. The van der Waals surface area contributed by atoms with Crippen LogP contribution in [0.5, 0.6) is 5.75 Å². The molecule has 0 heterocycles. The average Bonchev–Trinajstić information content (AvgIpc) is 3.06. The fraction of sp³-hybridized carbons (Fsp3) is 0.368. The molecule has 1 fully saturated rings. The van der Waals surface area contributed by atoms with E-state index < -0.39 is 0 Å². The summed E-state index contributed by atoms with van der Waals surface area (Å²) in [5, 5.41) is 4.89. The van der Waals surface area contributed by atoms with Crippen molar-refractivity contribution in [2.45, 2.75) is 44.9 Å². The Morgan fingerprint density at radius 1 is 1.00 bits per heavy atom. The molecule has 0 atom stereocenters. The highest BCUT2D eigenvalue weighted by Crippen LogP contribution is 2.26. The zero-order valence-electron chi connectivity index (χ0n) is 13.0. The molecule has 4 heteroatoms. The molecule has 0 spiro atoms. The third-order valence-corrected chi connectivity index (χ3v) is 5.00. The van der Waals surface area contributed by atoms with E-state index in [1.807, 2.05) is 30.3 Å². The molecule has 23 heavy (non-hydrogen) atoms. The first-order chi connectivity index (χ1) is 11.2. The van der Waals surface area contributed by atoms with Crippen LogP contribution >= 0.6 is 23.2 Å². The van der Waals surface area contributed by atoms with Gasteiger partial charge in [-0.1, -0.05) is 54.2 Å². The number of hydrogen-bond donors (Lipinski definition) is 1. The first-order valence-electron chi connectivity index (χ1n) is 8.10. The molecular weight excluding hydrogens is 329 g/mol. The molecule has 0 radical (unpaired) electrons. The molecule has 1 aliphatic rings. The highest BCUT2D eigenvalue weighted by molar-refractivity contribution is 6.35. The largest absolute Gasteiger partial charge is 0.489 e. The molecule has 0 aromatic heterocycles. The molecule has 1 saturated carbocycles. The van der Waals surface area contributed by atoms with Crippen molar-refractivity contribution in [2.75, 3.05) is 0 Å². The van der Waals surface area contributed by atoms with E-state index in [4.69, 9.17) is 27.9 Å². The van der Waals surface area contributed by atoms with Crippen LogP contribution in [0.2, 0.25) is 10.0 Å². The topological polar surface area (TPSA) is 21.3 Å². The second-order valence-electron chi connectivity index (χ2n) is 6.00. The third kappa shape index (κ3) is 4.63. The van der Waals surface area contributed by atoms with E-state index in [-0.39, 0.29) is 0 Å². The van der Waals surface area contributed by atoms with Gasteiger partial charge in [0.25, 0.3) is 0 Å². The van der Waals surface area contributed by atoms with Crippen LogP contribution in [-0.2, 0) is 13.2 Å². The first-order valence-corrected chi connectivity index (χ1v) is 8.86. The molecule has 0 bridgehead atoms. The number of benzene rings is 2. The van der Waals surface area contributed by atoms with Crippen LogP contribution in [0.4, 0.5) is 0 Å². The summed E-state index contributed by atoms with van der Waals surface area (Å²) in [7, 11) is 0. The average molecular weight is 350 g/mol. The summed E-state index contributed by atoms with van der Waals surface area (Å²) in [6, 6.07) is 14.3. The first kappa shape index (κ1) is 16.6. The fourth-order valence-corrected chi connectivity index (χ4v) is 3.47. The summed E-state index contributed by atoms with van der Waals surface area (Å²) >= 11 is 12.3. The smallest absolute Gasteiger partial charge is 0.120 e. The lowest BCUT2D eigenvalue weighted by molar-refractivity contribution is 0.306. The number of ether oxygens (including phenoxy) is 1. The van der Waals surface area contributed by atoms with E-state index >= 15 is 0 Å². The van der Waals surface area contributed by atoms with Crippen LogP contribution in [0, 0.1) is 0 Å². The van der Waals surface area contributed by atoms with Crippen molar-refractivity contribution >= 4 is 23.2 Å². The molecule has 0 amide bonds. The van der Waals surface area contributed by atoms with E-state index in [1.165, 1.54) is 31.2 Å². The maximum Gasteiger partial charge on any atom is 0.120 e. The van der Waals surface area contributed by atoms with Crippen LogP contribution in [0.1, 0.15) is 36.8 Å². The Labute approximate surface area is 147 Å². The van der Waals surface area contributed by atoms with E-state index in [1.54, 1.807) is 0 Å². The summed E-state index contributed by atoms with van der Waals surface area (Å²) < 4.78 is 5.87. The predicted octanol–water partition coefficient (Wildman–Crippen LogP) is 5.60. The summed E-state index contributed by atoms with van der Waals surface area (Å²) in [5.41, 5.74) is 2.06. The van der Waals surface area contributed by atoms with Gasteiger partial charge in [0, 0.05) is 28.2 Å². The Morgan fingerprint density at radius 2 is 1.70 bits per heavy atom.